The van der Waals surface area contributed by atoms with Gasteiger partial charge in [-0.15, -0.1) is 0 Å². The molecule has 1 unspecified atom stereocenters. The lowest BCUT2D eigenvalue weighted by atomic mass is 10.1. The maximum Gasteiger partial charge on any atom is 0.414 e. The third-order valence-corrected chi connectivity index (χ3v) is 4.74. The van der Waals surface area contributed by atoms with Gasteiger partial charge in [-0.1, -0.05) is 12.1 Å². The molecule has 0 radical (unpaired) electrons. The topological polar surface area (TPSA) is 112 Å². The summed E-state index contributed by atoms with van der Waals surface area (Å²) in [5, 5.41) is 18.1. The number of aliphatic hydroxyl groups excluding tert-OH is 1. The van der Waals surface area contributed by atoms with Gasteiger partial charge < -0.3 is 24.6 Å². The number of rotatable bonds is 7. The highest BCUT2D eigenvalue weighted by molar-refractivity contribution is 5.92. The Balaban J connectivity index is 1.76. The Kier molecular flexibility index (Phi) is 6.18. The molecule has 1 aliphatic rings. The highest BCUT2D eigenvalue weighted by Gasteiger charge is 2.33. The molecule has 2 aromatic rings. The van der Waals surface area contributed by atoms with Crippen molar-refractivity contribution in [3.63, 3.8) is 0 Å². The number of cyclic esters (lactones) is 1. The standard InChI is InChI=1S/C20H23N3O6/c1-22(19(25)26)8-7-15-5-3-14(10-21-15)13-4-6-17(18(9-13)28-2)23-11-16(12-24)29-20(23)27/h3-6,9-10,16,24H,7-8,11-12H2,1-2H3,(H,25,26). The Morgan fingerprint density at radius 3 is 2.69 bits per heavy atom. The first kappa shape index (κ1) is 20.4. The van der Waals surface area contributed by atoms with E-state index in [9.17, 15) is 14.7 Å². The normalized spacial score (nSPS) is 15.9. The van der Waals surface area contributed by atoms with E-state index in [2.05, 4.69) is 4.98 Å². The van der Waals surface area contributed by atoms with Gasteiger partial charge in [0.05, 0.1) is 25.9 Å². The van der Waals surface area contributed by atoms with Crippen molar-refractivity contribution in [2.75, 3.05) is 38.8 Å². The molecular weight excluding hydrogens is 378 g/mol. The van der Waals surface area contributed by atoms with E-state index in [0.717, 1.165) is 16.8 Å². The van der Waals surface area contributed by atoms with E-state index < -0.39 is 18.3 Å². The van der Waals surface area contributed by atoms with Crippen molar-refractivity contribution in [1.82, 2.24) is 9.88 Å². The Morgan fingerprint density at radius 1 is 1.34 bits per heavy atom. The number of ether oxygens (including phenoxy) is 2. The second-order valence-electron chi connectivity index (χ2n) is 6.68. The predicted molar refractivity (Wildman–Crippen MR) is 105 cm³/mol. The van der Waals surface area contributed by atoms with E-state index in [1.807, 2.05) is 24.3 Å². The fraction of sp³-hybridized carbons (Fsp3) is 0.350. The summed E-state index contributed by atoms with van der Waals surface area (Å²) in [4.78, 5) is 29.9. The van der Waals surface area contributed by atoms with Crippen molar-refractivity contribution in [1.29, 1.82) is 0 Å². The first-order chi connectivity index (χ1) is 13.9. The van der Waals surface area contributed by atoms with Crippen LogP contribution in [0.1, 0.15) is 5.69 Å². The summed E-state index contributed by atoms with van der Waals surface area (Å²) in [7, 11) is 3.04. The van der Waals surface area contributed by atoms with Gasteiger partial charge in [-0.3, -0.25) is 9.88 Å². The van der Waals surface area contributed by atoms with Crippen LogP contribution in [-0.4, -0.2) is 72.2 Å². The molecule has 9 heteroatoms. The van der Waals surface area contributed by atoms with Gasteiger partial charge in [0, 0.05) is 37.5 Å². The Labute approximate surface area is 168 Å². The summed E-state index contributed by atoms with van der Waals surface area (Å²) >= 11 is 0. The van der Waals surface area contributed by atoms with E-state index in [0.29, 0.717) is 24.4 Å². The molecule has 1 fully saturated rings. The van der Waals surface area contributed by atoms with Crippen LogP contribution in [-0.2, 0) is 11.2 Å². The lowest BCUT2D eigenvalue weighted by Crippen LogP contribution is -2.27. The number of carbonyl (C=O) groups is 2. The molecule has 1 aliphatic heterocycles. The monoisotopic (exact) mass is 401 g/mol. The fourth-order valence-corrected chi connectivity index (χ4v) is 3.01. The molecular formula is C20H23N3O6. The number of nitrogens with zero attached hydrogens (tertiary/aromatic N) is 3. The summed E-state index contributed by atoms with van der Waals surface area (Å²) in [6.45, 7) is 0.389. The molecule has 29 heavy (non-hydrogen) atoms. The first-order valence-corrected chi connectivity index (χ1v) is 9.09. The van der Waals surface area contributed by atoms with Gasteiger partial charge in [-0.25, -0.2) is 9.59 Å². The number of aliphatic hydroxyl groups is 1. The zero-order chi connectivity index (χ0) is 21.0. The van der Waals surface area contributed by atoms with Crippen LogP contribution in [0.5, 0.6) is 5.75 Å². The highest BCUT2D eigenvalue weighted by atomic mass is 16.6. The van der Waals surface area contributed by atoms with E-state index >= 15 is 0 Å². The molecule has 1 atom stereocenters. The predicted octanol–water partition coefficient (Wildman–Crippen LogP) is 2.23. The molecule has 2 heterocycles. The van der Waals surface area contributed by atoms with E-state index in [1.165, 1.54) is 24.0 Å². The van der Waals surface area contributed by atoms with Crippen LogP contribution in [0.4, 0.5) is 15.3 Å². The van der Waals surface area contributed by atoms with Crippen molar-refractivity contribution in [3.05, 3.63) is 42.2 Å². The molecule has 0 bridgehead atoms. The van der Waals surface area contributed by atoms with Crippen molar-refractivity contribution in [3.8, 4) is 16.9 Å². The van der Waals surface area contributed by atoms with Gasteiger partial charge in [-0.2, -0.15) is 0 Å². The number of likely N-dealkylation sites (N-methyl/N-ethyl adjacent to an activating group) is 1. The van der Waals surface area contributed by atoms with Crippen LogP contribution in [0.15, 0.2) is 36.5 Å². The highest BCUT2D eigenvalue weighted by Crippen LogP contribution is 2.35. The number of methoxy groups -OCH3 is 1. The number of carbonyl (C=O) groups excluding carboxylic acids is 1. The number of amides is 2. The minimum atomic E-state index is -0.971. The van der Waals surface area contributed by atoms with Crippen LogP contribution < -0.4 is 9.64 Å². The maximum atomic E-state index is 12.0. The third kappa shape index (κ3) is 4.57. The van der Waals surface area contributed by atoms with Crippen LogP contribution in [0, 0.1) is 0 Å². The number of anilines is 1. The van der Waals surface area contributed by atoms with Gasteiger partial charge in [-0.05, 0) is 23.8 Å². The molecule has 9 nitrogen and oxygen atoms in total. The van der Waals surface area contributed by atoms with Gasteiger partial charge in [0.2, 0.25) is 0 Å². The van der Waals surface area contributed by atoms with Crippen molar-refractivity contribution < 1.29 is 29.3 Å². The van der Waals surface area contributed by atoms with Crippen LogP contribution >= 0.6 is 0 Å². The van der Waals surface area contributed by atoms with Crippen LogP contribution in [0.3, 0.4) is 0 Å². The maximum absolute atomic E-state index is 12.0. The Hall–Kier alpha value is -3.33. The van der Waals surface area contributed by atoms with Crippen molar-refractivity contribution in [2.45, 2.75) is 12.5 Å². The number of carboxylic acid groups (broad SMARTS) is 1. The number of benzene rings is 1. The summed E-state index contributed by atoms with van der Waals surface area (Å²) in [5.74, 6) is 0.505. The average molecular weight is 401 g/mol. The fourth-order valence-electron chi connectivity index (χ4n) is 3.01. The van der Waals surface area contributed by atoms with E-state index in [-0.39, 0.29) is 13.2 Å². The summed E-state index contributed by atoms with van der Waals surface area (Å²) in [6, 6.07) is 9.19. The second kappa shape index (κ2) is 8.78. The SMILES string of the molecule is COc1cc(-c2ccc(CCN(C)C(=O)O)nc2)ccc1N1CC(CO)OC1=O. The molecule has 1 aromatic heterocycles. The number of aromatic nitrogens is 1. The van der Waals surface area contributed by atoms with Gasteiger partial charge in [0.1, 0.15) is 11.9 Å². The quantitative estimate of drug-likeness (QED) is 0.731. The molecule has 2 N–H and O–H groups in total. The summed E-state index contributed by atoms with van der Waals surface area (Å²) in [5.41, 5.74) is 3.08. The zero-order valence-corrected chi connectivity index (χ0v) is 16.2. The first-order valence-electron chi connectivity index (χ1n) is 9.09. The molecule has 3 rings (SSSR count). The minimum Gasteiger partial charge on any atom is -0.495 e. The lowest BCUT2D eigenvalue weighted by Gasteiger charge is -2.17. The van der Waals surface area contributed by atoms with Gasteiger partial charge in [0.25, 0.3) is 0 Å². The molecule has 154 valence electrons. The lowest BCUT2D eigenvalue weighted by molar-refractivity contribution is 0.0963. The number of hydrogen-bond acceptors (Lipinski definition) is 6. The zero-order valence-electron chi connectivity index (χ0n) is 16.2. The largest absolute Gasteiger partial charge is 0.495 e. The van der Waals surface area contributed by atoms with E-state index in [1.54, 1.807) is 12.3 Å². The summed E-state index contributed by atoms with van der Waals surface area (Å²) in [6.07, 6.45) is 0.197. The Morgan fingerprint density at radius 2 is 2.10 bits per heavy atom. The van der Waals surface area contributed by atoms with Crippen molar-refractivity contribution >= 4 is 17.9 Å². The second-order valence-corrected chi connectivity index (χ2v) is 6.68. The van der Waals surface area contributed by atoms with Crippen molar-refractivity contribution in [2.24, 2.45) is 0 Å². The molecule has 1 aromatic carbocycles. The van der Waals surface area contributed by atoms with E-state index in [4.69, 9.17) is 14.6 Å². The Bertz CT molecular complexity index is 886. The average Bonchev–Trinajstić information content (AvgIpc) is 3.12. The summed E-state index contributed by atoms with van der Waals surface area (Å²) < 4.78 is 10.5. The third-order valence-electron chi connectivity index (χ3n) is 4.74. The molecule has 1 saturated heterocycles. The van der Waals surface area contributed by atoms with Crippen LogP contribution in [0.2, 0.25) is 0 Å². The molecule has 0 aliphatic carbocycles. The molecule has 0 spiro atoms. The molecule has 0 saturated carbocycles. The van der Waals surface area contributed by atoms with Crippen LogP contribution in [0.25, 0.3) is 11.1 Å². The molecule has 2 amide bonds. The number of hydrogen-bond donors (Lipinski definition) is 2. The number of pyridine rings is 1. The van der Waals surface area contributed by atoms with Gasteiger partial charge in [0.15, 0.2) is 0 Å². The minimum absolute atomic E-state index is 0.233. The van der Waals surface area contributed by atoms with Gasteiger partial charge >= 0.3 is 12.2 Å². The smallest absolute Gasteiger partial charge is 0.414 e.